The number of hydrogen-bond donors (Lipinski definition) is 6. The summed E-state index contributed by atoms with van der Waals surface area (Å²) in [6.07, 6.45) is 3.68. The quantitative estimate of drug-likeness (QED) is 0.0937. The van der Waals surface area contributed by atoms with Crippen molar-refractivity contribution < 1.29 is 38.4 Å². The fourth-order valence-electron chi connectivity index (χ4n) is 8.71. The molecule has 2 heterocycles. The number of carbonyl (C=O) groups is 8. The van der Waals surface area contributed by atoms with Crippen molar-refractivity contribution >= 4 is 47.3 Å². The Labute approximate surface area is 415 Å². The second-order valence-corrected chi connectivity index (χ2v) is 20.8. The summed E-state index contributed by atoms with van der Waals surface area (Å²) >= 11 is 0. The molecular weight excluding hydrogens is 893 g/mol. The number of rotatable bonds is 22. The molecule has 0 bridgehead atoms. The molecule has 0 radical (unpaired) electrons. The third-order valence-electron chi connectivity index (χ3n) is 13.4. The maximum atomic E-state index is 14.2. The van der Waals surface area contributed by atoms with Gasteiger partial charge in [-0.15, -0.1) is 0 Å². The topological polar surface area (TPSA) is 222 Å². The first-order valence-corrected chi connectivity index (χ1v) is 24.8. The van der Waals surface area contributed by atoms with Gasteiger partial charge in [0, 0.05) is 51.4 Å². The van der Waals surface area contributed by atoms with Crippen LogP contribution in [0, 0.1) is 10.8 Å². The molecule has 8 amide bonds. The lowest BCUT2D eigenvalue weighted by atomic mass is 9.85. The molecule has 70 heavy (non-hydrogen) atoms. The van der Waals surface area contributed by atoms with Gasteiger partial charge in [0.2, 0.25) is 35.4 Å². The molecule has 2 aromatic carbocycles. The summed E-state index contributed by atoms with van der Waals surface area (Å²) in [5.74, 6) is -4.15. The lowest BCUT2D eigenvalue weighted by Gasteiger charge is -2.37. The zero-order valence-electron chi connectivity index (χ0n) is 43.2. The summed E-state index contributed by atoms with van der Waals surface area (Å²) in [4.78, 5) is 115. The predicted octanol–water partition coefficient (Wildman–Crippen LogP) is 1.62. The van der Waals surface area contributed by atoms with Gasteiger partial charge in [0.15, 0.2) is 0 Å². The zero-order chi connectivity index (χ0) is 51.8. The Kier molecular flexibility index (Phi) is 21.4. The van der Waals surface area contributed by atoms with E-state index in [0.717, 1.165) is 11.1 Å². The smallest absolute Gasteiger partial charge is 0.309 e. The van der Waals surface area contributed by atoms with Crippen LogP contribution in [-0.2, 0) is 51.2 Å². The summed E-state index contributed by atoms with van der Waals surface area (Å²) in [7, 11) is 3.35. The Balaban J connectivity index is 1.43. The van der Waals surface area contributed by atoms with Crippen LogP contribution in [0.1, 0.15) is 92.2 Å². The van der Waals surface area contributed by atoms with Crippen LogP contribution in [-0.4, -0.2) is 170 Å². The van der Waals surface area contributed by atoms with Gasteiger partial charge in [-0.3, -0.25) is 38.4 Å². The molecule has 18 nitrogen and oxygen atoms in total. The normalized spacial score (nSPS) is 17.7. The molecule has 0 spiro atoms. The summed E-state index contributed by atoms with van der Waals surface area (Å²) in [6, 6.07) is 15.9. The van der Waals surface area contributed by atoms with Crippen molar-refractivity contribution in [3.05, 3.63) is 71.8 Å². The van der Waals surface area contributed by atoms with Crippen LogP contribution in [0.3, 0.4) is 0 Å². The average Bonchev–Trinajstić information content (AvgIpc) is 4.01. The molecule has 0 saturated carbocycles. The van der Waals surface area contributed by atoms with Crippen molar-refractivity contribution in [1.82, 2.24) is 51.5 Å². The summed E-state index contributed by atoms with van der Waals surface area (Å²) < 4.78 is 0. The first kappa shape index (κ1) is 56.7. The maximum Gasteiger partial charge on any atom is 0.309 e. The number of nitrogens with one attached hydrogen (secondary N) is 6. The molecule has 0 aliphatic carbocycles. The largest absolute Gasteiger partial charge is 0.342 e. The molecule has 6 N–H and O–H groups in total. The van der Waals surface area contributed by atoms with E-state index in [1.165, 1.54) is 0 Å². The second kappa shape index (κ2) is 26.4. The van der Waals surface area contributed by atoms with Crippen molar-refractivity contribution in [3.8, 4) is 0 Å². The van der Waals surface area contributed by atoms with E-state index in [9.17, 15) is 38.4 Å². The summed E-state index contributed by atoms with van der Waals surface area (Å²) in [5, 5.41) is 16.6. The van der Waals surface area contributed by atoms with Gasteiger partial charge in [0.05, 0.1) is 25.2 Å². The lowest BCUT2D eigenvalue weighted by Crippen LogP contribution is -2.59. The summed E-state index contributed by atoms with van der Waals surface area (Å²) in [5.41, 5.74) is 0.770. The number of carbonyl (C=O) groups excluding carboxylic acids is 8. The highest BCUT2D eigenvalue weighted by atomic mass is 16.2. The number of likely N-dealkylation sites (tertiary alicyclic amines) is 2. The molecule has 2 aromatic rings. The summed E-state index contributed by atoms with van der Waals surface area (Å²) in [6.45, 7) is 15.6. The molecule has 0 unspecified atom stereocenters. The Morgan fingerprint density at radius 3 is 1.23 bits per heavy atom. The van der Waals surface area contributed by atoms with Gasteiger partial charge in [0.25, 0.3) is 0 Å². The van der Waals surface area contributed by atoms with Gasteiger partial charge in [0.1, 0.15) is 12.1 Å². The molecule has 6 atom stereocenters. The standard InChI is InChI=1S/C52H80N10O8/c1-35(53-9)45(65)57-43(51(3,4)5)49(69)61-27-17-23-39(61)33-59(29-25-37-19-13-11-14-20-37)41(63)31-55-47(67)48(68)56-32-42(64)60(30-26-38-21-15-12-16-22-38)34-40-24-18-28-62(40)50(70)44(52(6,7)8)58-46(66)36(2)54-10/h11-16,19-22,35-36,39-40,43-44,53-54H,17-18,23-34H2,1-10H3,(H,55,67)(H,56,68)(H,57,65)(H,58,66)/t35-,36-,39-,40-,43+,44+/m0/s1. The number of likely N-dealkylation sites (N-methyl/N-ethyl adjacent to an activating group) is 2. The van der Waals surface area contributed by atoms with E-state index in [-0.39, 0.29) is 61.9 Å². The van der Waals surface area contributed by atoms with Gasteiger partial charge in [-0.1, -0.05) is 102 Å². The highest BCUT2D eigenvalue weighted by molar-refractivity contribution is 6.35. The molecule has 2 aliphatic rings. The van der Waals surface area contributed by atoms with Crippen LogP contribution < -0.4 is 31.9 Å². The van der Waals surface area contributed by atoms with Crippen LogP contribution in [0.25, 0.3) is 0 Å². The van der Waals surface area contributed by atoms with E-state index in [2.05, 4.69) is 31.9 Å². The zero-order valence-corrected chi connectivity index (χ0v) is 43.2. The second-order valence-electron chi connectivity index (χ2n) is 20.8. The minimum absolute atomic E-state index is 0.176. The Morgan fingerprint density at radius 1 is 0.571 bits per heavy atom. The third-order valence-corrected chi connectivity index (χ3v) is 13.4. The fourth-order valence-corrected chi connectivity index (χ4v) is 8.71. The highest BCUT2D eigenvalue weighted by Crippen LogP contribution is 2.28. The number of nitrogens with zero attached hydrogens (tertiary/aromatic N) is 4. The van der Waals surface area contributed by atoms with Crippen LogP contribution in [0.4, 0.5) is 0 Å². The molecule has 2 aliphatic heterocycles. The molecule has 2 saturated heterocycles. The van der Waals surface area contributed by atoms with E-state index < -0.39 is 71.7 Å². The molecule has 2 fully saturated rings. The van der Waals surface area contributed by atoms with E-state index in [4.69, 9.17) is 0 Å². The van der Waals surface area contributed by atoms with Gasteiger partial charge in [-0.05, 0) is 88.4 Å². The van der Waals surface area contributed by atoms with Crippen LogP contribution in [0.2, 0.25) is 0 Å². The maximum absolute atomic E-state index is 14.2. The Bertz CT molecular complexity index is 1950. The fraction of sp³-hybridized carbons (Fsp3) is 0.615. The lowest BCUT2D eigenvalue weighted by molar-refractivity contribution is -0.143. The third kappa shape index (κ3) is 16.6. The first-order valence-electron chi connectivity index (χ1n) is 24.8. The Hall–Kier alpha value is -5.88. The van der Waals surface area contributed by atoms with E-state index in [0.29, 0.717) is 51.6 Å². The van der Waals surface area contributed by atoms with Crippen LogP contribution >= 0.6 is 0 Å². The molecule has 18 heteroatoms. The average molecular weight is 973 g/mol. The minimum Gasteiger partial charge on any atom is -0.342 e. The van der Waals surface area contributed by atoms with Crippen molar-refractivity contribution in [1.29, 1.82) is 0 Å². The van der Waals surface area contributed by atoms with Crippen molar-refractivity contribution in [2.75, 3.05) is 66.5 Å². The molecular formula is C52H80N10O8. The predicted molar refractivity (Wildman–Crippen MR) is 269 cm³/mol. The van der Waals surface area contributed by atoms with Gasteiger partial charge in [-0.2, -0.15) is 0 Å². The highest BCUT2D eigenvalue weighted by Gasteiger charge is 2.42. The monoisotopic (exact) mass is 973 g/mol. The Morgan fingerprint density at radius 2 is 0.914 bits per heavy atom. The molecule has 0 aromatic heterocycles. The molecule has 386 valence electrons. The van der Waals surface area contributed by atoms with Crippen molar-refractivity contribution in [2.24, 2.45) is 10.8 Å². The van der Waals surface area contributed by atoms with Crippen molar-refractivity contribution in [2.45, 2.75) is 130 Å². The number of benzene rings is 2. The van der Waals surface area contributed by atoms with Gasteiger partial charge >= 0.3 is 11.8 Å². The van der Waals surface area contributed by atoms with E-state index >= 15 is 0 Å². The van der Waals surface area contributed by atoms with Crippen molar-refractivity contribution in [3.63, 3.8) is 0 Å². The van der Waals surface area contributed by atoms with Crippen LogP contribution in [0.5, 0.6) is 0 Å². The first-order chi connectivity index (χ1) is 33.0. The SMILES string of the molecule is CN[C@@H](C)C(=O)N[C@H](C(=O)N1CCC[C@H]1CN(CCc1ccccc1)C(=O)CNC(=O)C(=O)NCC(=O)N(CCc1ccccc1)C[C@@H]1CCCN1C(=O)[C@@H](NC(=O)[C@H](C)NC)C(C)(C)C)C(C)(C)C. The van der Waals surface area contributed by atoms with E-state index in [1.807, 2.05) is 102 Å². The van der Waals surface area contributed by atoms with Crippen LogP contribution in [0.15, 0.2) is 60.7 Å². The van der Waals surface area contributed by atoms with Gasteiger partial charge in [-0.25, -0.2) is 0 Å². The van der Waals surface area contributed by atoms with E-state index in [1.54, 1.807) is 47.5 Å². The molecule has 4 rings (SSSR count). The number of amides is 8. The number of hydrogen-bond acceptors (Lipinski definition) is 10. The minimum atomic E-state index is -1.09. The van der Waals surface area contributed by atoms with Gasteiger partial charge < -0.3 is 51.5 Å².